The van der Waals surface area contributed by atoms with Gasteiger partial charge in [-0.15, -0.1) is 0 Å². The van der Waals surface area contributed by atoms with Crippen molar-refractivity contribution in [2.45, 2.75) is 12.2 Å². The fourth-order valence-electron chi connectivity index (χ4n) is 1.70. The van der Waals surface area contributed by atoms with Crippen LogP contribution < -0.4 is 5.73 Å². The summed E-state index contributed by atoms with van der Waals surface area (Å²) in [7, 11) is 0. The summed E-state index contributed by atoms with van der Waals surface area (Å²) in [6.45, 7) is 0. The van der Waals surface area contributed by atoms with Gasteiger partial charge in [-0.1, -0.05) is 36.4 Å². The molecule has 0 unspecified atom stereocenters. The molecule has 0 aromatic heterocycles. The first kappa shape index (κ1) is 11.7. The van der Waals surface area contributed by atoms with Crippen molar-refractivity contribution in [3.63, 3.8) is 0 Å². The first-order valence-electron chi connectivity index (χ1n) is 4.94. The van der Waals surface area contributed by atoms with Gasteiger partial charge in [0.05, 0.1) is 0 Å². The van der Waals surface area contributed by atoms with E-state index in [1.165, 1.54) is 12.1 Å². The molecule has 0 saturated heterocycles. The molecule has 0 spiro atoms. The Labute approximate surface area is 95.5 Å². The van der Waals surface area contributed by atoms with E-state index in [-0.39, 0.29) is 5.56 Å². The van der Waals surface area contributed by atoms with Crippen LogP contribution >= 0.6 is 0 Å². The molecule has 0 fully saturated rings. The molecule has 0 aliphatic carbocycles. The topological polar surface area (TPSA) is 46.2 Å². The van der Waals surface area contributed by atoms with E-state index in [1.807, 2.05) is 0 Å². The number of fused-ring (bicyclic) bond motifs is 1. The molecule has 0 heterocycles. The van der Waals surface area contributed by atoms with Gasteiger partial charge in [0.15, 0.2) is 0 Å². The molecule has 2 rings (SSSR count). The highest BCUT2D eigenvalue weighted by Gasteiger charge is 2.39. The largest absolute Gasteiger partial charge is 0.507 e. The van der Waals surface area contributed by atoms with Crippen LogP contribution in [0, 0.1) is 0 Å². The van der Waals surface area contributed by atoms with Crippen LogP contribution in [0.4, 0.5) is 13.2 Å². The second-order valence-electron chi connectivity index (χ2n) is 3.74. The maximum absolute atomic E-state index is 12.5. The lowest BCUT2D eigenvalue weighted by Crippen LogP contribution is -2.28. The zero-order valence-corrected chi connectivity index (χ0v) is 8.70. The van der Waals surface area contributed by atoms with Gasteiger partial charge in [0.1, 0.15) is 11.8 Å². The van der Waals surface area contributed by atoms with Crippen LogP contribution in [0.3, 0.4) is 0 Å². The molecule has 0 aliphatic heterocycles. The third-order valence-corrected chi connectivity index (χ3v) is 2.62. The smallest absolute Gasteiger partial charge is 0.407 e. The molecule has 90 valence electrons. The van der Waals surface area contributed by atoms with Gasteiger partial charge >= 0.3 is 6.18 Å². The number of nitrogens with two attached hydrogens (primary N) is 1. The third-order valence-electron chi connectivity index (χ3n) is 2.62. The van der Waals surface area contributed by atoms with Crippen LogP contribution in [0.15, 0.2) is 36.4 Å². The molecular formula is C12H10F3NO. The number of alkyl halides is 3. The average Bonchev–Trinajstić information content (AvgIpc) is 2.28. The maximum atomic E-state index is 12.5. The summed E-state index contributed by atoms with van der Waals surface area (Å²) >= 11 is 0. The van der Waals surface area contributed by atoms with Gasteiger partial charge in [0.2, 0.25) is 0 Å². The summed E-state index contributed by atoms with van der Waals surface area (Å²) in [5, 5.41) is 10.8. The zero-order chi connectivity index (χ0) is 12.6. The fourth-order valence-corrected chi connectivity index (χ4v) is 1.70. The van der Waals surface area contributed by atoms with Crippen molar-refractivity contribution in [2.24, 2.45) is 5.73 Å². The van der Waals surface area contributed by atoms with Crippen LogP contribution in [0.2, 0.25) is 0 Å². The van der Waals surface area contributed by atoms with Crippen molar-refractivity contribution in [3.05, 3.63) is 42.0 Å². The normalized spacial score (nSPS) is 13.9. The minimum atomic E-state index is -4.57. The van der Waals surface area contributed by atoms with Gasteiger partial charge in [-0.3, -0.25) is 0 Å². The van der Waals surface area contributed by atoms with Gasteiger partial charge in [0.25, 0.3) is 0 Å². The average molecular weight is 241 g/mol. The highest BCUT2D eigenvalue weighted by Crippen LogP contribution is 2.38. The Hall–Kier alpha value is -1.75. The quantitative estimate of drug-likeness (QED) is 0.805. The van der Waals surface area contributed by atoms with E-state index in [0.29, 0.717) is 10.8 Å². The van der Waals surface area contributed by atoms with Crippen molar-refractivity contribution in [2.75, 3.05) is 0 Å². The second-order valence-corrected chi connectivity index (χ2v) is 3.74. The number of benzene rings is 2. The van der Waals surface area contributed by atoms with Gasteiger partial charge in [-0.05, 0) is 5.39 Å². The molecule has 0 radical (unpaired) electrons. The number of hydrogen-bond donors (Lipinski definition) is 2. The van der Waals surface area contributed by atoms with Crippen molar-refractivity contribution in [3.8, 4) is 5.75 Å². The van der Waals surface area contributed by atoms with Gasteiger partial charge in [-0.2, -0.15) is 13.2 Å². The summed E-state index contributed by atoms with van der Waals surface area (Å²) < 4.78 is 37.4. The van der Waals surface area contributed by atoms with Crippen LogP contribution in [0.5, 0.6) is 5.75 Å². The predicted octanol–water partition coefficient (Wildman–Crippen LogP) is 3.11. The number of aromatic hydroxyl groups is 1. The molecular weight excluding hydrogens is 231 g/mol. The van der Waals surface area contributed by atoms with Crippen LogP contribution in [-0.4, -0.2) is 11.3 Å². The number of phenols is 1. The molecule has 0 aliphatic rings. The number of halogens is 3. The molecule has 17 heavy (non-hydrogen) atoms. The van der Waals surface area contributed by atoms with Crippen molar-refractivity contribution < 1.29 is 18.3 Å². The highest BCUT2D eigenvalue weighted by molar-refractivity contribution is 5.89. The third kappa shape index (κ3) is 2.06. The molecule has 0 amide bonds. The van der Waals surface area contributed by atoms with Crippen molar-refractivity contribution >= 4 is 10.8 Å². The Balaban J connectivity index is 2.61. The number of rotatable bonds is 1. The maximum Gasteiger partial charge on any atom is 0.407 e. The Bertz CT molecular complexity index is 551. The van der Waals surface area contributed by atoms with Gasteiger partial charge in [-0.25, -0.2) is 0 Å². The predicted molar refractivity (Wildman–Crippen MR) is 58.6 cm³/mol. The van der Waals surface area contributed by atoms with E-state index in [4.69, 9.17) is 5.73 Å². The van der Waals surface area contributed by atoms with Crippen LogP contribution in [0.1, 0.15) is 11.6 Å². The Morgan fingerprint density at radius 3 is 2.35 bits per heavy atom. The molecule has 2 nitrogen and oxygen atoms in total. The number of hydrogen-bond acceptors (Lipinski definition) is 2. The molecule has 5 heteroatoms. The Morgan fingerprint density at radius 2 is 1.71 bits per heavy atom. The first-order valence-corrected chi connectivity index (χ1v) is 4.94. The lowest BCUT2D eigenvalue weighted by atomic mass is 10.0. The highest BCUT2D eigenvalue weighted by atomic mass is 19.4. The van der Waals surface area contributed by atoms with Crippen LogP contribution in [0.25, 0.3) is 10.8 Å². The lowest BCUT2D eigenvalue weighted by Gasteiger charge is -2.17. The molecule has 0 bridgehead atoms. The second kappa shape index (κ2) is 3.92. The van der Waals surface area contributed by atoms with E-state index in [1.54, 1.807) is 24.3 Å². The minimum Gasteiger partial charge on any atom is -0.507 e. The van der Waals surface area contributed by atoms with Crippen LogP contribution in [-0.2, 0) is 0 Å². The van der Waals surface area contributed by atoms with E-state index >= 15 is 0 Å². The molecule has 1 atom stereocenters. The van der Waals surface area contributed by atoms with Crippen molar-refractivity contribution in [1.82, 2.24) is 0 Å². The number of phenolic OH excluding ortho intramolecular Hbond substituents is 1. The van der Waals surface area contributed by atoms with Gasteiger partial charge in [0, 0.05) is 10.9 Å². The molecule has 3 N–H and O–H groups in total. The summed E-state index contributed by atoms with van der Waals surface area (Å²) in [4.78, 5) is 0. The molecule has 2 aromatic carbocycles. The SMILES string of the molecule is N[C@H](c1ccc2ccccc2c1O)C(F)(F)F. The summed E-state index contributed by atoms with van der Waals surface area (Å²) in [6, 6.07) is 7.18. The summed E-state index contributed by atoms with van der Waals surface area (Å²) in [5.74, 6) is -0.409. The van der Waals surface area contributed by atoms with Gasteiger partial charge < -0.3 is 10.8 Å². The Morgan fingerprint density at radius 1 is 1.06 bits per heavy atom. The molecule has 0 saturated carbocycles. The lowest BCUT2D eigenvalue weighted by molar-refractivity contribution is -0.149. The standard InChI is InChI=1S/C12H10F3NO/c13-12(14,15)11(16)9-6-5-7-3-1-2-4-8(7)10(9)17/h1-6,11,17H,16H2/t11-/m1/s1. The zero-order valence-electron chi connectivity index (χ0n) is 8.70. The van der Waals surface area contributed by atoms with E-state index in [0.717, 1.165) is 0 Å². The van der Waals surface area contributed by atoms with E-state index in [9.17, 15) is 18.3 Å². The monoisotopic (exact) mass is 241 g/mol. The summed E-state index contributed by atoms with van der Waals surface area (Å²) in [5.41, 5.74) is 4.77. The fraction of sp³-hybridized carbons (Fsp3) is 0.167. The summed E-state index contributed by atoms with van der Waals surface area (Å²) in [6.07, 6.45) is -4.57. The minimum absolute atomic E-state index is 0.309. The molecule has 2 aromatic rings. The van der Waals surface area contributed by atoms with Crippen molar-refractivity contribution in [1.29, 1.82) is 0 Å². The Kier molecular flexibility index (Phi) is 2.71. The van der Waals surface area contributed by atoms with E-state index < -0.39 is 18.0 Å². The first-order chi connectivity index (χ1) is 7.91. The van der Waals surface area contributed by atoms with E-state index in [2.05, 4.69) is 0 Å².